The quantitative estimate of drug-likeness (QED) is 0.110. The molecule has 0 bridgehead atoms. The lowest BCUT2D eigenvalue weighted by molar-refractivity contribution is 0.415. The van der Waals surface area contributed by atoms with Crippen molar-refractivity contribution in [1.82, 2.24) is 19.9 Å². The summed E-state index contributed by atoms with van der Waals surface area (Å²) in [7, 11) is 1.68. The third-order valence-electron chi connectivity index (χ3n) is 9.86. The molecule has 0 spiro atoms. The van der Waals surface area contributed by atoms with E-state index in [1.54, 1.807) is 7.11 Å². The predicted octanol–water partition coefficient (Wildman–Crippen LogP) is 6.80. The van der Waals surface area contributed by atoms with Crippen LogP contribution in [0.25, 0.3) is 21.8 Å². The van der Waals surface area contributed by atoms with E-state index < -0.39 is 0 Å². The predicted molar refractivity (Wildman–Crippen MR) is 214 cm³/mol. The molecule has 0 saturated carbocycles. The number of hydrogen-bond acceptors (Lipinski definition) is 11. The Morgan fingerprint density at radius 3 is 1.75 bits per heavy atom. The second-order valence-corrected chi connectivity index (χ2v) is 13.6. The number of benzene rings is 4. The first-order valence-corrected chi connectivity index (χ1v) is 18.4. The fraction of sp³-hybridized carbons (Fsp3) is 0.300. The molecule has 4 heterocycles. The molecule has 0 radical (unpaired) electrons. The highest BCUT2D eigenvalue weighted by Gasteiger charge is 2.24. The second-order valence-electron chi connectivity index (χ2n) is 13.1. The van der Waals surface area contributed by atoms with Crippen LogP contribution in [0.5, 0.6) is 5.75 Å². The number of methoxy groups -OCH3 is 1. The van der Waals surface area contributed by atoms with E-state index in [1.165, 1.54) is 11.4 Å². The third kappa shape index (κ3) is 7.41. The molecule has 12 heteroatoms. The average molecular weight is 715 g/mol. The number of pyridine rings is 1. The molecule has 11 nitrogen and oxygen atoms in total. The van der Waals surface area contributed by atoms with Crippen molar-refractivity contribution in [2.24, 2.45) is 0 Å². The lowest BCUT2D eigenvalue weighted by atomic mass is 10.1. The number of aromatic nitrogens is 4. The normalized spacial score (nSPS) is 15.0. The molecule has 2 saturated heterocycles. The van der Waals surface area contributed by atoms with Crippen LogP contribution >= 0.6 is 11.6 Å². The van der Waals surface area contributed by atoms with Gasteiger partial charge in [-0.1, -0.05) is 48.0 Å². The standard InChI is InChI=1S/C40H43ClN10O/c1-52-32-14-16-35-34(28-32)37(33-15-13-29(41)27-36(33)44-35)42-17-8-18-43-38-45-39(50-23-19-48(20-24-50)30-9-4-2-5-10-30)47-40(46-38)51-25-21-49(22-26-51)31-11-6-3-7-12-31/h2-7,9-16,27-28H,8,17-26H2,1H3,(H,42,44)(H,43,45,46,47). The number of ether oxygens (including phenoxy) is 1. The smallest absolute Gasteiger partial charge is 0.232 e. The number of rotatable bonds is 11. The van der Waals surface area contributed by atoms with Crippen LogP contribution in [0.4, 0.5) is 34.9 Å². The van der Waals surface area contributed by atoms with Crippen molar-refractivity contribution < 1.29 is 4.74 Å². The van der Waals surface area contributed by atoms with Crippen molar-refractivity contribution in [3.8, 4) is 5.75 Å². The van der Waals surface area contributed by atoms with E-state index >= 15 is 0 Å². The van der Waals surface area contributed by atoms with Gasteiger partial charge in [0.05, 0.1) is 23.8 Å². The SMILES string of the molecule is COc1ccc2nc3cc(Cl)ccc3c(NCCCNc3nc(N4CCN(c5ccccc5)CC4)nc(N4CCN(c5ccccc5)CC4)n3)c2c1. The highest BCUT2D eigenvalue weighted by Crippen LogP contribution is 2.34. The van der Waals surface area contributed by atoms with Gasteiger partial charge in [0.1, 0.15) is 5.75 Å². The first kappa shape index (κ1) is 33.6. The maximum atomic E-state index is 6.34. The first-order chi connectivity index (χ1) is 25.6. The minimum Gasteiger partial charge on any atom is -0.497 e. The number of halogens is 1. The van der Waals surface area contributed by atoms with Crippen molar-refractivity contribution in [2.75, 3.05) is 103 Å². The highest BCUT2D eigenvalue weighted by molar-refractivity contribution is 6.31. The summed E-state index contributed by atoms with van der Waals surface area (Å²) in [6, 6.07) is 33.0. The highest BCUT2D eigenvalue weighted by atomic mass is 35.5. The zero-order valence-electron chi connectivity index (χ0n) is 29.4. The first-order valence-electron chi connectivity index (χ1n) is 18.0. The Hall–Kier alpha value is -5.55. The van der Waals surface area contributed by atoms with E-state index in [0.29, 0.717) is 17.5 Å². The molecule has 6 aromatic rings. The summed E-state index contributed by atoms with van der Waals surface area (Å²) in [5, 5.41) is 9.91. The summed E-state index contributed by atoms with van der Waals surface area (Å²) in [4.78, 5) is 29.3. The van der Waals surface area contributed by atoms with Gasteiger partial charge >= 0.3 is 0 Å². The minimum atomic E-state index is 0.607. The molecule has 52 heavy (non-hydrogen) atoms. The van der Waals surface area contributed by atoms with E-state index in [0.717, 1.165) is 110 Å². The van der Waals surface area contributed by atoms with Gasteiger partial charge in [-0.15, -0.1) is 0 Å². The Morgan fingerprint density at radius 1 is 0.577 bits per heavy atom. The summed E-state index contributed by atoms with van der Waals surface area (Å²) in [6.07, 6.45) is 0.838. The maximum Gasteiger partial charge on any atom is 0.232 e. The van der Waals surface area contributed by atoms with Crippen LogP contribution in [-0.2, 0) is 0 Å². The molecule has 266 valence electrons. The third-order valence-corrected chi connectivity index (χ3v) is 10.1. The Balaban J connectivity index is 0.970. The summed E-state index contributed by atoms with van der Waals surface area (Å²) < 4.78 is 5.54. The molecular weight excluding hydrogens is 672 g/mol. The van der Waals surface area contributed by atoms with E-state index in [9.17, 15) is 0 Å². The Bertz CT molecular complexity index is 2040. The number of hydrogen-bond donors (Lipinski definition) is 2. The minimum absolute atomic E-state index is 0.607. The van der Waals surface area contributed by atoms with E-state index in [1.807, 2.05) is 36.4 Å². The van der Waals surface area contributed by atoms with Crippen LogP contribution < -0.4 is 35.0 Å². The van der Waals surface area contributed by atoms with Gasteiger partial charge < -0.3 is 35.0 Å². The van der Waals surface area contributed by atoms with Crippen molar-refractivity contribution in [3.05, 3.63) is 102 Å². The molecule has 2 N–H and O–H groups in total. The summed E-state index contributed by atoms with van der Waals surface area (Å²) >= 11 is 6.34. The van der Waals surface area contributed by atoms with Crippen LogP contribution in [0, 0.1) is 0 Å². The number of fused-ring (bicyclic) bond motifs is 2. The van der Waals surface area contributed by atoms with Crippen LogP contribution in [0.3, 0.4) is 0 Å². The molecule has 2 fully saturated rings. The molecule has 2 aliphatic rings. The average Bonchev–Trinajstić information content (AvgIpc) is 3.21. The zero-order valence-corrected chi connectivity index (χ0v) is 30.1. The van der Waals surface area contributed by atoms with Gasteiger partial charge in [-0.3, -0.25) is 0 Å². The van der Waals surface area contributed by atoms with Crippen LogP contribution in [-0.4, -0.2) is 92.5 Å². The zero-order chi connectivity index (χ0) is 35.3. The number of anilines is 6. The largest absolute Gasteiger partial charge is 0.497 e. The molecule has 4 aromatic carbocycles. The topological polar surface area (TPSA) is 97.8 Å². The lowest BCUT2D eigenvalue weighted by Crippen LogP contribution is -2.48. The Labute approximate surface area is 309 Å². The number of nitrogens with zero attached hydrogens (tertiary/aromatic N) is 8. The van der Waals surface area contributed by atoms with Crippen molar-refractivity contribution in [2.45, 2.75) is 6.42 Å². The van der Waals surface area contributed by atoms with Crippen LogP contribution in [0.1, 0.15) is 6.42 Å². The Kier molecular flexibility index (Phi) is 9.92. The molecular formula is C40H43ClN10O. The molecule has 0 atom stereocenters. The van der Waals surface area contributed by atoms with Crippen molar-refractivity contribution in [1.29, 1.82) is 0 Å². The fourth-order valence-electron chi connectivity index (χ4n) is 7.04. The van der Waals surface area contributed by atoms with Gasteiger partial charge in [0.15, 0.2) is 0 Å². The molecule has 0 unspecified atom stereocenters. The molecule has 2 aliphatic heterocycles. The van der Waals surface area contributed by atoms with Crippen molar-refractivity contribution in [3.63, 3.8) is 0 Å². The van der Waals surface area contributed by atoms with Gasteiger partial charge in [0.2, 0.25) is 17.8 Å². The Morgan fingerprint density at radius 2 is 1.15 bits per heavy atom. The summed E-state index contributed by atoms with van der Waals surface area (Å²) in [5.41, 5.74) is 5.26. The lowest BCUT2D eigenvalue weighted by Gasteiger charge is -2.38. The van der Waals surface area contributed by atoms with Gasteiger partial charge in [-0.25, -0.2) is 4.98 Å². The number of para-hydroxylation sites is 2. The fourth-order valence-corrected chi connectivity index (χ4v) is 7.20. The van der Waals surface area contributed by atoms with E-state index in [-0.39, 0.29) is 0 Å². The van der Waals surface area contributed by atoms with E-state index in [2.05, 4.69) is 90.9 Å². The van der Waals surface area contributed by atoms with E-state index in [4.69, 9.17) is 36.3 Å². The molecule has 8 rings (SSSR count). The van der Waals surface area contributed by atoms with Gasteiger partial charge in [0.25, 0.3) is 0 Å². The number of piperazine rings is 2. The van der Waals surface area contributed by atoms with Gasteiger partial charge in [-0.05, 0) is 67.1 Å². The molecule has 2 aromatic heterocycles. The molecule has 0 amide bonds. The molecule has 0 aliphatic carbocycles. The number of nitrogens with one attached hydrogen (secondary N) is 2. The second kappa shape index (κ2) is 15.4. The van der Waals surface area contributed by atoms with Crippen LogP contribution in [0.15, 0.2) is 97.1 Å². The monoisotopic (exact) mass is 714 g/mol. The summed E-state index contributed by atoms with van der Waals surface area (Å²) in [5.74, 6) is 2.85. The van der Waals surface area contributed by atoms with Gasteiger partial charge in [-0.2, -0.15) is 15.0 Å². The maximum absolute atomic E-state index is 6.34. The van der Waals surface area contributed by atoms with Crippen LogP contribution in [0.2, 0.25) is 5.02 Å². The summed E-state index contributed by atoms with van der Waals surface area (Å²) in [6.45, 7) is 8.42. The van der Waals surface area contributed by atoms with Gasteiger partial charge in [0, 0.05) is 92.6 Å². The van der Waals surface area contributed by atoms with Crippen molar-refractivity contribution >= 4 is 68.3 Å².